The van der Waals surface area contributed by atoms with E-state index in [-0.39, 0.29) is 11.1 Å². The molecule has 0 aliphatic rings. The Labute approximate surface area is 150 Å². The fraction of sp³-hybridized carbons (Fsp3) is 0.500. The summed E-state index contributed by atoms with van der Waals surface area (Å²) in [7, 11) is -8.01. The first-order chi connectivity index (χ1) is 12.0. The SMILES string of the molecule is COC(=O)c1ccccc1CS(CCO)(CCO)OS(=O)(=O)C(F)(F)F. The Morgan fingerprint density at radius 3 is 2.12 bits per heavy atom. The summed E-state index contributed by atoms with van der Waals surface area (Å²) >= 11 is 0. The minimum Gasteiger partial charge on any atom is -0.465 e. The number of aliphatic hydroxyl groups is 2. The quantitative estimate of drug-likeness (QED) is 0.461. The smallest absolute Gasteiger partial charge is 0.465 e. The minimum absolute atomic E-state index is 0.0239. The second kappa shape index (κ2) is 9.04. The Kier molecular flexibility index (Phi) is 7.89. The summed E-state index contributed by atoms with van der Waals surface area (Å²) in [6.07, 6.45) is 0. The predicted octanol–water partition coefficient (Wildman–Crippen LogP) is 1.54. The Morgan fingerprint density at radius 1 is 1.12 bits per heavy atom. The first kappa shape index (κ1) is 22.7. The zero-order valence-corrected chi connectivity index (χ0v) is 15.4. The van der Waals surface area contributed by atoms with Gasteiger partial charge >= 0.3 is 21.6 Å². The van der Waals surface area contributed by atoms with Gasteiger partial charge in [-0.15, -0.1) is 10.3 Å². The Hall–Kier alpha value is -1.34. The van der Waals surface area contributed by atoms with Crippen LogP contribution in [0, 0.1) is 0 Å². The van der Waals surface area contributed by atoms with Crippen molar-refractivity contribution in [1.82, 2.24) is 0 Å². The third-order valence-corrected chi connectivity index (χ3v) is 8.41. The fourth-order valence-electron chi connectivity index (χ4n) is 2.14. The van der Waals surface area contributed by atoms with Gasteiger partial charge in [0, 0.05) is 17.3 Å². The molecule has 150 valence electrons. The third-order valence-electron chi connectivity index (χ3n) is 3.29. The minimum atomic E-state index is -5.96. The van der Waals surface area contributed by atoms with E-state index in [1.807, 2.05) is 0 Å². The van der Waals surface area contributed by atoms with Crippen LogP contribution < -0.4 is 0 Å². The number of benzene rings is 1. The van der Waals surface area contributed by atoms with Crippen molar-refractivity contribution in [2.45, 2.75) is 11.3 Å². The van der Waals surface area contributed by atoms with Crippen molar-refractivity contribution < 1.29 is 45.0 Å². The molecule has 0 spiro atoms. The summed E-state index contributed by atoms with van der Waals surface area (Å²) in [4.78, 5) is 11.8. The molecule has 1 aromatic rings. The first-order valence-corrected chi connectivity index (χ1v) is 10.7. The molecule has 26 heavy (non-hydrogen) atoms. The molecule has 7 nitrogen and oxygen atoms in total. The van der Waals surface area contributed by atoms with Crippen LogP contribution in [-0.2, 0) is 24.2 Å². The number of hydrogen-bond donors (Lipinski definition) is 2. The maximum atomic E-state index is 12.7. The van der Waals surface area contributed by atoms with E-state index in [4.69, 9.17) is 0 Å². The van der Waals surface area contributed by atoms with Crippen molar-refractivity contribution in [3.8, 4) is 0 Å². The van der Waals surface area contributed by atoms with Gasteiger partial charge in [0.2, 0.25) is 0 Å². The van der Waals surface area contributed by atoms with Gasteiger partial charge in [-0.2, -0.15) is 21.6 Å². The summed E-state index contributed by atoms with van der Waals surface area (Å²) in [6, 6.07) is 5.77. The molecule has 0 heterocycles. The van der Waals surface area contributed by atoms with Gasteiger partial charge in [-0.05, 0) is 11.6 Å². The lowest BCUT2D eigenvalue weighted by molar-refractivity contribution is -0.0496. The Bertz CT molecular complexity index is 713. The van der Waals surface area contributed by atoms with Crippen LogP contribution in [0.2, 0.25) is 0 Å². The average molecular weight is 420 g/mol. The standard InChI is InChI=1S/C14H19F3O7S2/c1-23-13(20)12-5-3-2-4-11(12)10-25(8-6-18,9-7-19)24-26(21,22)14(15,16)17/h2-5,18-19H,6-10H2,1H3. The van der Waals surface area contributed by atoms with Gasteiger partial charge in [-0.1, -0.05) is 18.2 Å². The largest absolute Gasteiger partial charge is 0.523 e. The molecule has 0 saturated carbocycles. The lowest BCUT2D eigenvalue weighted by atomic mass is 10.1. The van der Waals surface area contributed by atoms with Gasteiger partial charge in [-0.25, -0.2) is 8.42 Å². The van der Waals surface area contributed by atoms with E-state index in [0.717, 1.165) is 7.11 Å². The lowest BCUT2D eigenvalue weighted by Gasteiger charge is -2.38. The molecule has 1 aromatic carbocycles. The Morgan fingerprint density at radius 2 is 1.65 bits per heavy atom. The van der Waals surface area contributed by atoms with Gasteiger partial charge in [0.1, 0.15) is 0 Å². The summed E-state index contributed by atoms with van der Waals surface area (Å²) in [5, 5.41) is 18.4. The number of methoxy groups -OCH3 is 1. The molecular formula is C14H19F3O7S2. The van der Waals surface area contributed by atoms with E-state index in [1.165, 1.54) is 24.3 Å². The van der Waals surface area contributed by atoms with Crippen LogP contribution in [0.4, 0.5) is 13.2 Å². The zero-order chi connectivity index (χ0) is 20.0. The zero-order valence-electron chi connectivity index (χ0n) is 13.7. The third kappa shape index (κ3) is 5.58. The summed E-state index contributed by atoms with van der Waals surface area (Å²) < 4.78 is 70.3. The van der Waals surface area contributed by atoms with Gasteiger partial charge in [0.25, 0.3) is 0 Å². The topological polar surface area (TPSA) is 110 Å². The number of alkyl halides is 3. The molecule has 0 radical (unpaired) electrons. The van der Waals surface area contributed by atoms with E-state index in [0.29, 0.717) is 0 Å². The summed E-state index contributed by atoms with van der Waals surface area (Å²) in [6.45, 7) is -1.33. The van der Waals surface area contributed by atoms with Crippen molar-refractivity contribution in [2.75, 3.05) is 31.8 Å². The molecule has 0 unspecified atom stereocenters. The first-order valence-electron chi connectivity index (χ1n) is 7.18. The van der Waals surface area contributed by atoms with E-state index in [1.54, 1.807) is 0 Å². The maximum Gasteiger partial charge on any atom is 0.523 e. The highest BCUT2D eigenvalue weighted by atomic mass is 32.3. The summed E-state index contributed by atoms with van der Waals surface area (Å²) in [5.41, 5.74) is -5.44. The van der Waals surface area contributed by atoms with Crippen LogP contribution in [-0.4, -0.2) is 61.9 Å². The monoisotopic (exact) mass is 420 g/mol. The molecule has 0 fully saturated rings. The summed E-state index contributed by atoms with van der Waals surface area (Å²) in [5.74, 6) is -2.02. The molecular weight excluding hydrogens is 401 g/mol. The number of hydrogen-bond acceptors (Lipinski definition) is 7. The number of esters is 1. The van der Waals surface area contributed by atoms with Crippen molar-refractivity contribution in [2.24, 2.45) is 0 Å². The number of rotatable bonds is 9. The highest BCUT2D eigenvalue weighted by molar-refractivity contribution is 8.32. The van der Waals surface area contributed by atoms with Crippen LogP contribution in [0.5, 0.6) is 0 Å². The van der Waals surface area contributed by atoms with Crippen LogP contribution in [0.15, 0.2) is 24.3 Å². The van der Waals surface area contributed by atoms with Crippen LogP contribution in [0.3, 0.4) is 0 Å². The van der Waals surface area contributed by atoms with Crippen molar-refractivity contribution in [3.05, 3.63) is 35.4 Å². The number of carbonyl (C=O) groups excluding carboxylic acids is 1. The lowest BCUT2D eigenvalue weighted by Crippen LogP contribution is -2.31. The molecule has 1 rings (SSSR count). The molecule has 0 aliphatic carbocycles. The predicted molar refractivity (Wildman–Crippen MR) is 89.0 cm³/mol. The molecule has 0 atom stereocenters. The van der Waals surface area contributed by atoms with Gasteiger partial charge in [0.05, 0.1) is 25.9 Å². The number of carbonyl (C=O) groups is 1. The van der Waals surface area contributed by atoms with Crippen LogP contribution in [0.25, 0.3) is 0 Å². The number of ether oxygens (including phenoxy) is 1. The molecule has 0 aromatic heterocycles. The van der Waals surface area contributed by atoms with Crippen molar-refractivity contribution in [3.63, 3.8) is 0 Å². The second-order valence-corrected chi connectivity index (χ2v) is 10.0. The van der Waals surface area contributed by atoms with E-state index in [2.05, 4.69) is 8.37 Å². The highest BCUT2D eigenvalue weighted by Crippen LogP contribution is 2.55. The average Bonchev–Trinajstić information content (AvgIpc) is 2.53. The van der Waals surface area contributed by atoms with E-state index >= 15 is 0 Å². The normalized spacial score (nSPS) is 13.5. The van der Waals surface area contributed by atoms with Crippen molar-refractivity contribution >= 4 is 26.4 Å². The van der Waals surface area contributed by atoms with Gasteiger partial charge in [0.15, 0.2) is 0 Å². The van der Waals surface area contributed by atoms with Gasteiger partial charge < -0.3 is 14.9 Å². The second-order valence-electron chi connectivity index (χ2n) is 5.08. The molecule has 12 heteroatoms. The van der Waals surface area contributed by atoms with Gasteiger partial charge in [-0.3, -0.25) is 0 Å². The van der Waals surface area contributed by atoms with E-state index < -0.39 is 62.4 Å². The maximum absolute atomic E-state index is 12.7. The van der Waals surface area contributed by atoms with Crippen LogP contribution >= 0.6 is 10.3 Å². The highest BCUT2D eigenvalue weighted by Gasteiger charge is 2.51. The molecule has 0 bridgehead atoms. The molecule has 0 aliphatic heterocycles. The van der Waals surface area contributed by atoms with E-state index in [9.17, 15) is 36.6 Å². The number of aliphatic hydroxyl groups excluding tert-OH is 2. The molecule has 0 saturated heterocycles. The Balaban J connectivity index is 3.38. The van der Waals surface area contributed by atoms with Crippen molar-refractivity contribution in [1.29, 1.82) is 0 Å². The molecule has 0 amide bonds. The number of halogens is 3. The fourth-order valence-corrected chi connectivity index (χ4v) is 6.68. The molecule has 2 N–H and O–H groups in total. The van der Waals surface area contributed by atoms with Crippen LogP contribution in [0.1, 0.15) is 15.9 Å².